The van der Waals surface area contributed by atoms with Crippen molar-refractivity contribution in [1.82, 2.24) is 10.3 Å². The maximum absolute atomic E-state index is 11.8. The van der Waals surface area contributed by atoms with Crippen LogP contribution in [0.1, 0.15) is 10.7 Å². The average Bonchev–Trinajstić information content (AvgIpc) is 2.83. The molecule has 0 fully saturated rings. The van der Waals surface area contributed by atoms with Crippen LogP contribution in [-0.2, 0) is 11.2 Å². The monoisotopic (exact) mass is 353 g/mol. The number of carbonyl (C=O) groups excluding carboxylic acids is 1. The molecule has 0 atom stereocenters. The SMILES string of the molecule is Cc1nc(CCNCC(=O)Nc2ccccc2Br)cs1. The lowest BCUT2D eigenvalue weighted by atomic mass is 10.3. The zero-order valence-electron chi connectivity index (χ0n) is 11.1. The number of para-hydroxylation sites is 1. The van der Waals surface area contributed by atoms with Gasteiger partial charge in [-0.3, -0.25) is 4.79 Å². The fraction of sp³-hybridized carbons (Fsp3) is 0.286. The van der Waals surface area contributed by atoms with Crippen LogP contribution in [0, 0.1) is 6.92 Å². The zero-order valence-corrected chi connectivity index (χ0v) is 13.6. The molecule has 1 aromatic heterocycles. The molecule has 0 saturated heterocycles. The van der Waals surface area contributed by atoms with E-state index in [-0.39, 0.29) is 5.91 Å². The molecule has 0 spiro atoms. The summed E-state index contributed by atoms with van der Waals surface area (Å²) in [5.74, 6) is -0.0497. The van der Waals surface area contributed by atoms with Crippen molar-refractivity contribution in [1.29, 1.82) is 0 Å². The first-order valence-electron chi connectivity index (χ1n) is 6.31. The number of thiazole rings is 1. The van der Waals surface area contributed by atoms with Gasteiger partial charge in [0.1, 0.15) is 0 Å². The molecule has 2 rings (SSSR count). The molecule has 0 bridgehead atoms. The van der Waals surface area contributed by atoms with E-state index in [4.69, 9.17) is 0 Å². The highest BCUT2D eigenvalue weighted by atomic mass is 79.9. The Morgan fingerprint density at radius 3 is 2.90 bits per heavy atom. The summed E-state index contributed by atoms with van der Waals surface area (Å²) >= 11 is 5.05. The summed E-state index contributed by atoms with van der Waals surface area (Å²) in [5, 5.41) is 9.10. The van der Waals surface area contributed by atoms with Crippen LogP contribution in [0.25, 0.3) is 0 Å². The molecule has 0 saturated carbocycles. The number of benzene rings is 1. The predicted octanol–water partition coefficient (Wildman–Crippen LogP) is 2.98. The van der Waals surface area contributed by atoms with E-state index in [1.807, 2.05) is 31.2 Å². The van der Waals surface area contributed by atoms with Crippen molar-refractivity contribution in [2.24, 2.45) is 0 Å². The molecule has 1 amide bonds. The summed E-state index contributed by atoms with van der Waals surface area (Å²) in [4.78, 5) is 16.2. The number of nitrogens with zero attached hydrogens (tertiary/aromatic N) is 1. The number of aryl methyl sites for hydroxylation is 1. The molecule has 4 nitrogen and oxygen atoms in total. The summed E-state index contributed by atoms with van der Waals surface area (Å²) in [7, 11) is 0. The lowest BCUT2D eigenvalue weighted by Gasteiger charge is -2.07. The zero-order chi connectivity index (χ0) is 14.4. The minimum atomic E-state index is -0.0497. The number of carbonyl (C=O) groups is 1. The number of hydrogen-bond donors (Lipinski definition) is 2. The van der Waals surface area contributed by atoms with E-state index in [0.717, 1.165) is 33.8 Å². The molecule has 0 unspecified atom stereocenters. The van der Waals surface area contributed by atoms with Gasteiger partial charge in [0, 0.05) is 22.8 Å². The van der Waals surface area contributed by atoms with Gasteiger partial charge in [0.2, 0.25) is 5.91 Å². The first-order chi connectivity index (χ1) is 9.65. The molecule has 20 heavy (non-hydrogen) atoms. The molecule has 2 aromatic rings. The molecule has 0 aliphatic rings. The fourth-order valence-corrected chi connectivity index (χ4v) is 2.73. The first kappa shape index (κ1) is 15.2. The number of hydrogen-bond acceptors (Lipinski definition) is 4. The Morgan fingerprint density at radius 2 is 2.20 bits per heavy atom. The van der Waals surface area contributed by atoms with E-state index >= 15 is 0 Å². The van der Waals surface area contributed by atoms with Gasteiger partial charge in [-0.1, -0.05) is 12.1 Å². The lowest BCUT2D eigenvalue weighted by molar-refractivity contribution is -0.115. The van der Waals surface area contributed by atoms with Gasteiger partial charge in [0.15, 0.2) is 0 Å². The largest absolute Gasteiger partial charge is 0.324 e. The minimum Gasteiger partial charge on any atom is -0.324 e. The van der Waals surface area contributed by atoms with Crippen molar-refractivity contribution >= 4 is 38.9 Å². The van der Waals surface area contributed by atoms with Crippen LogP contribution in [0.2, 0.25) is 0 Å². The van der Waals surface area contributed by atoms with Crippen molar-refractivity contribution in [3.05, 3.63) is 44.8 Å². The van der Waals surface area contributed by atoms with Gasteiger partial charge in [0.25, 0.3) is 0 Å². The van der Waals surface area contributed by atoms with Crippen LogP contribution in [-0.4, -0.2) is 24.0 Å². The van der Waals surface area contributed by atoms with Gasteiger partial charge < -0.3 is 10.6 Å². The van der Waals surface area contributed by atoms with Crippen LogP contribution in [0.4, 0.5) is 5.69 Å². The second-order valence-corrected chi connectivity index (χ2v) is 6.23. The van der Waals surface area contributed by atoms with E-state index in [9.17, 15) is 4.79 Å². The first-order valence-corrected chi connectivity index (χ1v) is 7.98. The molecule has 106 valence electrons. The van der Waals surface area contributed by atoms with E-state index in [1.165, 1.54) is 0 Å². The summed E-state index contributed by atoms with van der Waals surface area (Å²) < 4.78 is 0.881. The van der Waals surface area contributed by atoms with E-state index < -0.39 is 0 Å². The lowest BCUT2D eigenvalue weighted by Crippen LogP contribution is -2.29. The Kier molecular flexibility index (Phi) is 5.70. The molecular weight excluding hydrogens is 338 g/mol. The highest BCUT2D eigenvalue weighted by molar-refractivity contribution is 9.10. The van der Waals surface area contributed by atoms with Gasteiger partial charge >= 0.3 is 0 Å². The van der Waals surface area contributed by atoms with Gasteiger partial charge in [-0.15, -0.1) is 11.3 Å². The highest BCUT2D eigenvalue weighted by Gasteiger charge is 2.04. The second-order valence-electron chi connectivity index (χ2n) is 4.31. The Morgan fingerprint density at radius 1 is 1.40 bits per heavy atom. The van der Waals surface area contributed by atoms with Gasteiger partial charge in [-0.25, -0.2) is 4.98 Å². The Hall–Kier alpha value is -1.24. The van der Waals surface area contributed by atoms with E-state index in [0.29, 0.717) is 6.54 Å². The van der Waals surface area contributed by atoms with Crippen LogP contribution in [0.3, 0.4) is 0 Å². The van der Waals surface area contributed by atoms with Crippen LogP contribution in [0.5, 0.6) is 0 Å². The quantitative estimate of drug-likeness (QED) is 0.785. The summed E-state index contributed by atoms with van der Waals surface area (Å²) in [6.07, 6.45) is 0.840. The number of anilines is 1. The maximum Gasteiger partial charge on any atom is 0.238 e. The third-order valence-corrected chi connectivity index (χ3v) is 4.17. The van der Waals surface area contributed by atoms with E-state index in [1.54, 1.807) is 11.3 Å². The molecule has 6 heteroatoms. The summed E-state index contributed by atoms with van der Waals surface area (Å²) in [5.41, 5.74) is 1.86. The molecule has 0 aliphatic carbocycles. The number of rotatable bonds is 6. The minimum absolute atomic E-state index is 0.0497. The van der Waals surface area contributed by atoms with Crippen molar-refractivity contribution in [3.63, 3.8) is 0 Å². The van der Waals surface area contributed by atoms with Crippen LogP contribution < -0.4 is 10.6 Å². The molecular formula is C14H16BrN3OS. The number of amides is 1. The maximum atomic E-state index is 11.8. The Balaban J connectivity index is 1.69. The van der Waals surface area contributed by atoms with Gasteiger partial charge in [0.05, 0.1) is 22.9 Å². The molecule has 1 aromatic carbocycles. The van der Waals surface area contributed by atoms with Gasteiger partial charge in [-0.05, 0) is 35.0 Å². The van der Waals surface area contributed by atoms with Crippen LogP contribution >= 0.6 is 27.3 Å². The Labute approximate surface area is 130 Å². The molecule has 1 heterocycles. The number of nitrogens with one attached hydrogen (secondary N) is 2. The second kappa shape index (κ2) is 7.52. The third-order valence-electron chi connectivity index (χ3n) is 2.66. The van der Waals surface area contributed by atoms with Gasteiger partial charge in [-0.2, -0.15) is 0 Å². The third kappa shape index (κ3) is 4.70. The smallest absolute Gasteiger partial charge is 0.238 e. The molecule has 0 aliphatic heterocycles. The van der Waals surface area contributed by atoms with Crippen molar-refractivity contribution in [2.75, 3.05) is 18.4 Å². The Bertz CT molecular complexity index is 585. The average molecular weight is 354 g/mol. The highest BCUT2D eigenvalue weighted by Crippen LogP contribution is 2.20. The summed E-state index contributed by atoms with van der Waals surface area (Å²) in [6, 6.07) is 7.56. The summed E-state index contributed by atoms with van der Waals surface area (Å²) in [6.45, 7) is 3.03. The fourth-order valence-electron chi connectivity index (χ4n) is 1.70. The van der Waals surface area contributed by atoms with Crippen molar-refractivity contribution in [3.8, 4) is 0 Å². The van der Waals surface area contributed by atoms with Crippen LogP contribution in [0.15, 0.2) is 34.1 Å². The predicted molar refractivity (Wildman–Crippen MR) is 86.2 cm³/mol. The van der Waals surface area contributed by atoms with E-state index in [2.05, 4.69) is 36.9 Å². The van der Waals surface area contributed by atoms with Crippen molar-refractivity contribution < 1.29 is 4.79 Å². The standard InChI is InChI=1S/C14H16BrN3OS/c1-10-17-11(9-20-10)6-7-16-8-14(19)18-13-5-3-2-4-12(13)15/h2-5,9,16H,6-8H2,1H3,(H,18,19). The normalized spacial score (nSPS) is 10.5. The topological polar surface area (TPSA) is 54.0 Å². The molecule has 0 radical (unpaired) electrons. The molecule has 2 N–H and O–H groups in total. The van der Waals surface area contributed by atoms with Crippen molar-refractivity contribution in [2.45, 2.75) is 13.3 Å². The number of halogens is 1. The number of aromatic nitrogens is 1.